The maximum absolute atomic E-state index is 12.2. The van der Waals surface area contributed by atoms with Crippen LogP contribution in [0, 0.1) is 10.8 Å². The number of para-hydroxylation sites is 2. The van der Waals surface area contributed by atoms with Gasteiger partial charge in [0.1, 0.15) is 24.9 Å². The average molecular weight is 953 g/mol. The lowest BCUT2D eigenvalue weighted by molar-refractivity contribution is -0.177. The summed E-state index contributed by atoms with van der Waals surface area (Å²) in [5.74, 6) is -0.0926. The summed E-state index contributed by atoms with van der Waals surface area (Å²) in [5.41, 5.74) is 14.8. The van der Waals surface area contributed by atoms with Gasteiger partial charge in [-0.15, -0.1) is 0 Å². The summed E-state index contributed by atoms with van der Waals surface area (Å²) in [6.07, 6.45) is -5.66. The van der Waals surface area contributed by atoms with Gasteiger partial charge in [-0.3, -0.25) is 10.8 Å². The number of nitrogens with two attached hydrogens (primary N) is 2. The van der Waals surface area contributed by atoms with E-state index in [0.29, 0.717) is 22.4 Å². The number of ether oxygens (including phenoxy) is 2. The number of halogens is 7. The number of anilines is 2. The molecule has 0 aromatic heterocycles. The van der Waals surface area contributed by atoms with Crippen LogP contribution in [-0.2, 0) is 32.0 Å². The van der Waals surface area contributed by atoms with E-state index in [2.05, 4.69) is 42.7 Å². The van der Waals surface area contributed by atoms with E-state index >= 15 is 0 Å². The fourth-order valence-corrected chi connectivity index (χ4v) is 5.71. The quantitative estimate of drug-likeness (QED) is 0.0182. The van der Waals surface area contributed by atoms with Crippen LogP contribution in [0.4, 0.5) is 37.7 Å². The second-order valence-electron chi connectivity index (χ2n) is 14.2. The number of benzene rings is 4. The molecule has 1 aliphatic heterocycles. The van der Waals surface area contributed by atoms with Gasteiger partial charge < -0.3 is 40.9 Å². The van der Waals surface area contributed by atoms with E-state index in [-0.39, 0.29) is 24.9 Å². The summed E-state index contributed by atoms with van der Waals surface area (Å²) in [6.45, 7) is 4.97. The first-order chi connectivity index (χ1) is 28.0. The standard InChI is InChI=1S/C18H18F3N3O.C15H20BF3O3.C9H10IN3/c19-18(20,21)12-25-11-13-5-4-6-14(9-13)16(10-17(22)23)24-15-7-2-1-3-8-15;1-13(2)14(3,4)22-16(21-13)12-7-5-6-11(8-12)9-20-10-15(17,18)19;10-8(6-9(11)12)13-7-4-2-1-3-5-7/h1-10,24H,11-12H2,(H3,22,23);5-8H,9-10H2,1-4H3;1-6,13H,(H3,11,12)/b16-10-;;8-6-. The third-order valence-corrected chi connectivity index (χ3v) is 9.04. The molecule has 0 unspecified atom stereocenters. The average Bonchev–Trinajstić information content (AvgIpc) is 3.37. The van der Waals surface area contributed by atoms with Crippen molar-refractivity contribution in [1.82, 2.24) is 0 Å². The van der Waals surface area contributed by atoms with Crippen molar-refractivity contribution < 1.29 is 45.1 Å². The highest BCUT2D eigenvalue weighted by Gasteiger charge is 2.51. The number of hydrogen-bond donors (Lipinski definition) is 6. The second kappa shape index (κ2) is 22.6. The van der Waals surface area contributed by atoms with Crippen molar-refractivity contribution in [2.75, 3.05) is 23.8 Å². The van der Waals surface area contributed by atoms with Gasteiger partial charge in [0.25, 0.3) is 0 Å². The van der Waals surface area contributed by atoms with Crippen molar-refractivity contribution in [3.05, 3.63) is 142 Å². The monoisotopic (exact) mass is 952 g/mol. The van der Waals surface area contributed by atoms with Gasteiger partial charge in [-0.2, -0.15) is 26.3 Å². The van der Waals surface area contributed by atoms with Crippen LogP contribution < -0.4 is 27.6 Å². The maximum Gasteiger partial charge on any atom is 0.494 e. The van der Waals surface area contributed by atoms with Crippen LogP contribution in [0.25, 0.3) is 5.70 Å². The molecular formula is C42H48BF6IN6O4. The van der Waals surface area contributed by atoms with E-state index in [1.807, 2.05) is 94.4 Å². The van der Waals surface area contributed by atoms with Gasteiger partial charge in [0.15, 0.2) is 0 Å². The minimum absolute atomic E-state index is 0.0489. The van der Waals surface area contributed by atoms with E-state index in [1.165, 1.54) is 6.08 Å². The Labute approximate surface area is 360 Å². The number of alkyl halides is 6. The van der Waals surface area contributed by atoms with Crippen molar-refractivity contribution in [3.8, 4) is 0 Å². The lowest BCUT2D eigenvalue weighted by Crippen LogP contribution is -2.41. The lowest BCUT2D eigenvalue weighted by atomic mass is 9.78. The molecule has 0 amide bonds. The summed E-state index contributed by atoms with van der Waals surface area (Å²) in [7, 11) is -0.535. The molecule has 0 aliphatic carbocycles. The Bertz CT molecular complexity index is 2040. The van der Waals surface area contributed by atoms with Crippen LogP contribution in [0.2, 0.25) is 0 Å². The largest absolute Gasteiger partial charge is 0.494 e. The maximum atomic E-state index is 12.2. The van der Waals surface area contributed by atoms with E-state index < -0.39 is 43.9 Å². The van der Waals surface area contributed by atoms with Crippen LogP contribution >= 0.6 is 22.6 Å². The molecule has 60 heavy (non-hydrogen) atoms. The summed E-state index contributed by atoms with van der Waals surface area (Å²) >= 11 is 2.09. The van der Waals surface area contributed by atoms with E-state index in [4.69, 9.17) is 31.6 Å². The van der Waals surface area contributed by atoms with Gasteiger partial charge in [-0.05, 0) is 103 Å². The summed E-state index contributed by atoms with van der Waals surface area (Å²) in [5, 5.41) is 20.8. The first-order valence-electron chi connectivity index (χ1n) is 18.3. The lowest BCUT2D eigenvalue weighted by Gasteiger charge is -2.32. The SMILES string of the molecule is CC1(C)OB(c2cccc(COCC(F)(F)F)c2)OC1(C)C.N=C(N)/C=C(/I)Nc1ccccc1.N=C(N)/C=C(\Nc1ccccc1)c1cccc(COCC(F)(F)F)c1. The summed E-state index contributed by atoms with van der Waals surface area (Å²) < 4.78 is 94.8. The second-order valence-corrected chi connectivity index (χ2v) is 15.4. The Morgan fingerprint density at radius 2 is 1.12 bits per heavy atom. The Balaban J connectivity index is 0.000000252. The molecule has 0 radical (unpaired) electrons. The minimum Gasteiger partial charge on any atom is -0.399 e. The van der Waals surface area contributed by atoms with Crippen molar-refractivity contribution >= 4 is 63.9 Å². The molecule has 8 N–H and O–H groups in total. The van der Waals surface area contributed by atoms with Gasteiger partial charge in [0.05, 0.1) is 28.1 Å². The third kappa shape index (κ3) is 18.6. The fraction of sp³-hybridized carbons (Fsp3) is 0.286. The third-order valence-electron chi connectivity index (χ3n) is 8.46. The molecule has 322 valence electrons. The van der Waals surface area contributed by atoms with Crippen molar-refractivity contribution in [1.29, 1.82) is 10.8 Å². The highest BCUT2D eigenvalue weighted by Crippen LogP contribution is 2.36. The van der Waals surface area contributed by atoms with Gasteiger partial charge in [-0.1, -0.05) is 78.9 Å². The first-order valence-corrected chi connectivity index (χ1v) is 19.3. The van der Waals surface area contributed by atoms with E-state index in [1.54, 1.807) is 48.5 Å². The van der Waals surface area contributed by atoms with Crippen LogP contribution in [0.5, 0.6) is 0 Å². The predicted octanol–water partition coefficient (Wildman–Crippen LogP) is 9.53. The number of amidine groups is 2. The van der Waals surface area contributed by atoms with Crippen molar-refractivity contribution in [2.45, 2.75) is 64.5 Å². The Morgan fingerprint density at radius 1 is 0.667 bits per heavy atom. The molecular weight excluding hydrogens is 904 g/mol. The summed E-state index contributed by atoms with van der Waals surface area (Å²) in [4.78, 5) is 0. The molecule has 0 spiro atoms. The topological polar surface area (TPSA) is 161 Å². The van der Waals surface area contributed by atoms with Crippen molar-refractivity contribution in [3.63, 3.8) is 0 Å². The molecule has 4 aromatic rings. The fourth-order valence-electron chi connectivity index (χ4n) is 5.06. The Hall–Kier alpha value is -4.89. The molecule has 0 bridgehead atoms. The molecule has 18 heteroatoms. The number of nitrogens with one attached hydrogen (secondary N) is 4. The molecule has 10 nitrogen and oxygen atoms in total. The number of rotatable bonds is 14. The molecule has 0 saturated carbocycles. The van der Waals surface area contributed by atoms with E-state index in [9.17, 15) is 26.3 Å². The van der Waals surface area contributed by atoms with Crippen LogP contribution in [0.15, 0.2) is 125 Å². The Morgan fingerprint density at radius 3 is 1.58 bits per heavy atom. The highest BCUT2D eigenvalue weighted by atomic mass is 127. The van der Waals surface area contributed by atoms with Gasteiger partial charge in [0, 0.05) is 29.2 Å². The zero-order valence-electron chi connectivity index (χ0n) is 33.4. The molecule has 1 saturated heterocycles. The summed E-state index contributed by atoms with van der Waals surface area (Å²) in [6, 6.07) is 32.9. The highest BCUT2D eigenvalue weighted by molar-refractivity contribution is 14.1. The number of hydrogen-bond acceptors (Lipinski definition) is 8. The normalized spacial score (nSPS) is 14.9. The van der Waals surface area contributed by atoms with Gasteiger partial charge in [-0.25, -0.2) is 0 Å². The van der Waals surface area contributed by atoms with Crippen LogP contribution in [0.1, 0.15) is 44.4 Å². The van der Waals surface area contributed by atoms with Crippen LogP contribution in [0.3, 0.4) is 0 Å². The molecule has 1 aliphatic rings. The zero-order valence-corrected chi connectivity index (χ0v) is 35.5. The minimum atomic E-state index is -4.35. The predicted molar refractivity (Wildman–Crippen MR) is 234 cm³/mol. The van der Waals surface area contributed by atoms with E-state index in [0.717, 1.165) is 20.5 Å². The molecule has 1 heterocycles. The van der Waals surface area contributed by atoms with Gasteiger partial charge in [0.2, 0.25) is 0 Å². The van der Waals surface area contributed by atoms with Crippen molar-refractivity contribution in [2.24, 2.45) is 11.5 Å². The smallest absolute Gasteiger partial charge is 0.399 e. The van der Waals surface area contributed by atoms with Crippen LogP contribution in [-0.4, -0.2) is 55.6 Å². The molecule has 1 fully saturated rings. The van der Waals surface area contributed by atoms with Gasteiger partial charge >= 0.3 is 19.5 Å². The molecule has 5 rings (SSSR count). The zero-order chi connectivity index (χ0) is 44.6. The Kier molecular flexibility index (Phi) is 18.7. The molecule has 0 atom stereocenters. The first kappa shape index (κ1) is 49.5. The molecule has 4 aromatic carbocycles.